The van der Waals surface area contributed by atoms with E-state index in [1.807, 2.05) is 19.9 Å². The van der Waals surface area contributed by atoms with E-state index in [0.717, 1.165) is 4.88 Å². The monoisotopic (exact) mass is 210 g/mol. The van der Waals surface area contributed by atoms with Gasteiger partial charge in [0, 0.05) is 4.88 Å². The van der Waals surface area contributed by atoms with Crippen LogP contribution < -0.4 is 0 Å². The van der Waals surface area contributed by atoms with Crippen molar-refractivity contribution < 1.29 is 9.63 Å². The standard InChI is InChI=1S/C9H10N2O2S/c1-5-3-7(14-6(5)2)9-10-8(4-12)11-13-9/h3,12H,4H2,1-2H3. The molecule has 0 saturated carbocycles. The topological polar surface area (TPSA) is 59.2 Å². The SMILES string of the molecule is Cc1cc(-c2nc(CO)no2)sc1C. The zero-order chi connectivity index (χ0) is 10.1. The molecule has 0 spiro atoms. The number of aromatic nitrogens is 2. The molecule has 0 unspecified atom stereocenters. The summed E-state index contributed by atoms with van der Waals surface area (Å²) in [4.78, 5) is 6.23. The molecule has 0 aromatic carbocycles. The van der Waals surface area contributed by atoms with Crippen molar-refractivity contribution in [3.8, 4) is 10.8 Å². The molecular weight excluding hydrogens is 200 g/mol. The molecule has 74 valence electrons. The van der Waals surface area contributed by atoms with E-state index in [-0.39, 0.29) is 6.61 Å². The van der Waals surface area contributed by atoms with Gasteiger partial charge in [0.05, 0.1) is 4.88 Å². The number of thiophene rings is 1. The maximum atomic E-state index is 8.78. The molecule has 5 heteroatoms. The molecule has 1 N–H and O–H groups in total. The Labute approximate surface area is 85.2 Å². The summed E-state index contributed by atoms with van der Waals surface area (Å²) < 4.78 is 5.00. The Morgan fingerprint density at radius 1 is 1.50 bits per heavy atom. The lowest BCUT2D eigenvalue weighted by Crippen LogP contribution is -1.83. The molecule has 0 aliphatic rings. The zero-order valence-electron chi connectivity index (χ0n) is 7.94. The number of aliphatic hydroxyl groups is 1. The maximum Gasteiger partial charge on any atom is 0.268 e. The van der Waals surface area contributed by atoms with Crippen LogP contribution in [0.15, 0.2) is 10.6 Å². The van der Waals surface area contributed by atoms with Gasteiger partial charge in [-0.15, -0.1) is 11.3 Å². The van der Waals surface area contributed by atoms with Crippen LogP contribution in [-0.4, -0.2) is 15.2 Å². The number of rotatable bonds is 2. The molecule has 2 rings (SSSR count). The first-order chi connectivity index (χ1) is 6.70. The van der Waals surface area contributed by atoms with Crippen LogP contribution in [0.2, 0.25) is 0 Å². The molecule has 2 heterocycles. The summed E-state index contributed by atoms with van der Waals surface area (Å²) in [6.45, 7) is 3.90. The van der Waals surface area contributed by atoms with Gasteiger partial charge in [0.1, 0.15) is 6.61 Å². The van der Waals surface area contributed by atoms with Crippen molar-refractivity contribution in [1.29, 1.82) is 0 Å². The van der Waals surface area contributed by atoms with E-state index in [0.29, 0.717) is 11.7 Å². The third-order valence-corrected chi connectivity index (χ3v) is 3.13. The normalized spacial score (nSPS) is 10.8. The van der Waals surface area contributed by atoms with Crippen LogP contribution in [-0.2, 0) is 6.61 Å². The van der Waals surface area contributed by atoms with Crippen LogP contribution in [0.5, 0.6) is 0 Å². The van der Waals surface area contributed by atoms with E-state index in [2.05, 4.69) is 10.1 Å². The smallest absolute Gasteiger partial charge is 0.268 e. The van der Waals surface area contributed by atoms with Crippen LogP contribution in [0.1, 0.15) is 16.3 Å². The van der Waals surface area contributed by atoms with E-state index in [1.165, 1.54) is 10.4 Å². The summed E-state index contributed by atoms with van der Waals surface area (Å²) in [6.07, 6.45) is 0. The molecule has 4 nitrogen and oxygen atoms in total. The number of hydrogen-bond acceptors (Lipinski definition) is 5. The van der Waals surface area contributed by atoms with Gasteiger partial charge in [0.2, 0.25) is 0 Å². The average Bonchev–Trinajstić information content (AvgIpc) is 2.74. The lowest BCUT2D eigenvalue weighted by Gasteiger charge is -1.82. The van der Waals surface area contributed by atoms with Crippen LogP contribution in [0, 0.1) is 13.8 Å². The van der Waals surface area contributed by atoms with Gasteiger partial charge < -0.3 is 9.63 Å². The molecule has 0 radical (unpaired) electrons. The summed E-state index contributed by atoms with van der Waals surface area (Å²) in [5, 5.41) is 12.4. The Morgan fingerprint density at radius 2 is 2.29 bits per heavy atom. The second kappa shape index (κ2) is 3.51. The van der Waals surface area contributed by atoms with Crippen LogP contribution in [0.25, 0.3) is 10.8 Å². The molecule has 2 aromatic rings. The zero-order valence-corrected chi connectivity index (χ0v) is 8.76. The van der Waals surface area contributed by atoms with Crippen molar-refractivity contribution in [1.82, 2.24) is 10.1 Å². The van der Waals surface area contributed by atoms with Crippen molar-refractivity contribution in [2.75, 3.05) is 0 Å². The summed E-state index contributed by atoms with van der Waals surface area (Å²) in [5.74, 6) is 0.805. The number of nitrogens with zero attached hydrogens (tertiary/aromatic N) is 2. The first-order valence-electron chi connectivity index (χ1n) is 4.21. The Balaban J connectivity index is 2.39. The number of aryl methyl sites for hydroxylation is 2. The molecule has 0 fully saturated rings. The lowest BCUT2D eigenvalue weighted by molar-refractivity contribution is 0.264. The van der Waals surface area contributed by atoms with Crippen molar-refractivity contribution in [2.24, 2.45) is 0 Å². The fourth-order valence-electron chi connectivity index (χ4n) is 1.10. The molecule has 0 bridgehead atoms. The minimum Gasteiger partial charge on any atom is -0.388 e. The molecule has 0 aliphatic carbocycles. The maximum absolute atomic E-state index is 8.78. The van der Waals surface area contributed by atoms with E-state index in [4.69, 9.17) is 9.63 Å². The van der Waals surface area contributed by atoms with Gasteiger partial charge in [0.15, 0.2) is 5.82 Å². The molecule has 0 atom stereocenters. The second-order valence-electron chi connectivity index (χ2n) is 3.02. The Hall–Kier alpha value is -1.20. The molecule has 0 amide bonds. The summed E-state index contributed by atoms with van der Waals surface area (Å²) in [6, 6.07) is 2.01. The molecule has 0 saturated heterocycles. The summed E-state index contributed by atoms with van der Waals surface area (Å²) in [5.41, 5.74) is 1.22. The minimum atomic E-state index is -0.188. The van der Waals surface area contributed by atoms with Gasteiger partial charge in [-0.1, -0.05) is 5.16 Å². The van der Waals surface area contributed by atoms with E-state index < -0.39 is 0 Å². The Morgan fingerprint density at radius 3 is 2.79 bits per heavy atom. The lowest BCUT2D eigenvalue weighted by atomic mass is 10.3. The second-order valence-corrected chi connectivity index (χ2v) is 4.28. The Bertz CT molecular complexity index is 428. The fraction of sp³-hybridized carbons (Fsp3) is 0.333. The highest BCUT2D eigenvalue weighted by molar-refractivity contribution is 7.15. The van der Waals surface area contributed by atoms with Crippen molar-refractivity contribution >= 4 is 11.3 Å². The molecule has 2 aromatic heterocycles. The third-order valence-electron chi connectivity index (χ3n) is 1.99. The molecular formula is C9H10N2O2S. The quantitative estimate of drug-likeness (QED) is 0.822. The molecule has 14 heavy (non-hydrogen) atoms. The van der Waals surface area contributed by atoms with Crippen molar-refractivity contribution in [3.05, 3.63) is 22.3 Å². The molecule has 0 aliphatic heterocycles. The van der Waals surface area contributed by atoms with Gasteiger partial charge in [-0.25, -0.2) is 0 Å². The predicted octanol–water partition coefficient (Wildman–Crippen LogP) is 1.91. The number of aliphatic hydroxyl groups excluding tert-OH is 1. The van der Waals surface area contributed by atoms with E-state index in [9.17, 15) is 0 Å². The van der Waals surface area contributed by atoms with Gasteiger partial charge in [-0.3, -0.25) is 0 Å². The highest BCUT2D eigenvalue weighted by atomic mass is 32.1. The van der Waals surface area contributed by atoms with E-state index in [1.54, 1.807) is 11.3 Å². The largest absolute Gasteiger partial charge is 0.388 e. The van der Waals surface area contributed by atoms with Crippen LogP contribution in [0.4, 0.5) is 0 Å². The summed E-state index contributed by atoms with van der Waals surface area (Å²) >= 11 is 1.61. The first kappa shape index (κ1) is 9.36. The van der Waals surface area contributed by atoms with Gasteiger partial charge in [-0.2, -0.15) is 4.98 Å². The number of hydrogen-bond donors (Lipinski definition) is 1. The highest BCUT2D eigenvalue weighted by Crippen LogP contribution is 2.29. The highest BCUT2D eigenvalue weighted by Gasteiger charge is 2.11. The Kier molecular flexibility index (Phi) is 2.35. The average molecular weight is 210 g/mol. The third kappa shape index (κ3) is 1.56. The fourth-order valence-corrected chi connectivity index (χ4v) is 2.05. The first-order valence-corrected chi connectivity index (χ1v) is 5.03. The van der Waals surface area contributed by atoms with E-state index >= 15 is 0 Å². The predicted molar refractivity (Wildman–Crippen MR) is 53.0 cm³/mol. The van der Waals surface area contributed by atoms with Crippen LogP contribution in [0.3, 0.4) is 0 Å². The van der Waals surface area contributed by atoms with Gasteiger partial charge in [0.25, 0.3) is 5.89 Å². The van der Waals surface area contributed by atoms with Gasteiger partial charge >= 0.3 is 0 Å². The van der Waals surface area contributed by atoms with Crippen molar-refractivity contribution in [2.45, 2.75) is 20.5 Å². The van der Waals surface area contributed by atoms with Crippen LogP contribution >= 0.6 is 11.3 Å². The summed E-state index contributed by atoms with van der Waals surface area (Å²) in [7, 11) is 0. The minimum absolute atomic E-state index is 0.188. The van der Waals surface area contributed by atoms with Gasteiger partial charge in [-0.05, 0) is 25.5 Å². The van der Waals surface area contributed by atoms with Crippen molar-refractivity contribution in [3.63, 3.8) is 0 Å².